The van der Waals surface area contributed by atoms with E-state index in [0.717, 1.165) is 23.8 Å². The van der Waals surface area contributed by atoms with Gasteiger partial charge in [-0.1, -0.05) is 45.0 Å². The van der Waals surface area contributed by atoms with Crippen LogP contribution >= 0.6 is 0 Å². The highest BCUT2D eigenvalue weighted by molar-refractivity contribution is 5.88. The van der Waals surface area contributed by atoms with Crippen LogP contribution in [0.4, 0.5) is 0 Å². The zero-order chi connectivity index (χ0) is 15.5. The summed E-state index contributed by atoms with van der Waals surface area (Å²) < 4.78 is 5.17. The summed E-state index contributed by atoms with van der Waals surface area (Å²) in [5, 5.41) is 0. The molecule has 0 saturated carbocycles. The standard InChI is InChI=1S/C19H22O2/c1-5-19(2,3)16-8-6-14(7-9-16)18-11-10-17(21-4)12-15(18)13-20/h6-13H,5H2,1-4H3. The summed E-state index contributed by atoms with van der Waals surface area (Å²) in [4.78, 5) is 11.3. The first-order valence-corrected chi connectivity index (χ1v) is 7.26. The molecule has 0 amide bonds. The minimum atomic E-state index is 0.173. The number of hydrogen-bond acceptors (Lipinski definition) is 2. The number of ether oxygens (including phenoxy) is 1. The van der Waals surface area contributed by atoms with Gasteiger partial charge in [0, 0.05) is 5.56 Å². The molecule has 0 atom stereocenters. The fraction of sp³-hybridized carbons (Fsp3) is 0.316. The molecule has 21 heavy (non-hydrogen) atoms. The first-order chi connectivity index (χ1) is 10.0. The van der Waals surface area contributed by atoms with E-state index in [1.165, 1.54) is 5.56 Å². The van der Waals surface area contributed by atoms with E-state index in [2.05, 4.69) is 45.0 Å². The number of carbonyl (C=O) groups is 1. The van der Waals surface area contributed by atoms with E-state index in [1.54, 1.807) is 13.2 Å². The van der Waals surface area contributed by atoms with Crippen LogP contribution in [0.1, 0.15) is 43.1 Å². The third kappa shape index (κ3) is 3.15. The number of aldehydes is 1. The Kier molecular flexibility index (Phi) is 4.46. The van der Waals surface area contributed by atoms with Crippen LogP contribution in [0.15, 0.2) is 42.5 Å². The van der Waals surface area contributed by atoms with Crippen LogP contribution in [-0.4, -0.2) is 13.4 Å². The number of methoxy groups -OCH3 is 1. The molecule has 0 radical (unpaired) electrons. The van der Waals surface area contributed by atoms with Crippen molar-refractivity contribution >= 4 is 6.29 Å². The number of rotatable bonds is 5. The topological polar surface area (TPSA) is 26.3 Å². The maximum absolute atomic E-state index is 11.3. The van der Waals surface area contributed by atoms with Gasteiger partial charge in [-0.15, -0.1) is 0 Å². The predicted molar refractivity (Wildman–Crippen MR) is 87.1 cm³/mol. The van der Waals surface area contributed by atoms with E-state index in [1.807, 2.05) is 12.1 Å². The number of hydrogen-bond donors (Lipinski definition) is 0. The van der Waals surface area contributed by atoms with Gasteiger partial charge in [0.25, 0.3) is 0 Å². The minimum absolute atomic E-state index is 0.173. The Hall–Kier alpha value is -2.09. The fourth-order valence-electron chi connectivity index (χ4n) is 2.33. The van der Waals surface area contributed by atoms with Gasteiger partial charge in [0.15, 0.2) is 6.29 Å². The Morgan fingerprint density at radius 1 is 1.10 bits per heavy atom. The van der Waals surface area contributed by atoms with Crippen LogP contribution in [0.3, 0.4) is 0 Å². The predicted octanol–water partition coefficient (Wildman–Crippen LogP) is 4.86. The highest BCUT2D eigenvalue weighted by atomic mass is 16.5. The summed E-state index contributed by atoms with van der Waals surface area (Å²) in [6.45, 7) is 6.68. The molecule has 0 unspecified atom stereocenters. The van der Waals surface area contributed by atoms with Gasteiger partial charge in [-0.3, -0.25) is 4.79 Å². The van der Waals surface area contributed by atoms with Gasteiger partial charge in [-0.05, 0) is 46.7 Å². The van der Waals surface area contributed by atoms with Crippen molar-refractivity contribution in [1.82, 2.24) is 0 Å². The van der Waals surface area contributed by atoms with Gasteiger partial charge in [0.05, 0.1) is 7.11 Å². The summed E-state index contributed by atoms with van der Waals surface area (Å²) >= 11 is 0. The van der Waals surface area contributed by atoms with Crippen molar-refractivity contribution in [3.63, 3.8) is 0 Å². The lowest BCUT2D eigenvalue weighted by Crippen LogP contribution is -2.14. The van der Waals surface area contributed by atoms with E-state index in [-0.39, 0.29) is 5.41 Å². The molecule has 0 heterocycles. The monoisotopic (exact) mass is 282 g/mol. The molecule has 0 saturated heterocycles. The van der Waals surface area contributed by atoms with Gasteiger partial charge in [-0.25, -0.2) is 0 Å². The number of carbonyl (C=O) groups excluding carboxylic acids is 1. The lowest BCUT2D eigenvalue weighted by atomic mass is 9.81. The molecule has 110 valence electrons. The second-order valence-electron chi connectivity index (χ2n) is 5.89. The van der Waals surface area contributed by atoms with Crippen LogP contribution < -0.4 is 4.74 Å². The minimum Gasteiger partial charge on any atom is -0.497 e. The zero-order valence-corrected chi connectivity index (χ0v) is 13.1. The van der Waals surface area contributed by atoms with Gasteiger partial charge in [0.1, 0.15) is 5.75 Å². The highest BCUT2D eigenvalue weighted by Crippen LogP contribution is 2.31. The molecule has 0 aliphatic heterocycles. The van der Waals surface area contributed by atoms with Crippen LogP contribution in [0.5, 0.6) is 5.75 Å². The molecule has 2 heteroatoms. The van der Waals surface area contributed by atoms with Crippen molar-refractivity contribution in [3.8, 4) is 16.9 Å². The SMILES string of the molecule is CCC(C)(C)c1ccc(-c2ccc(OC)cc2C=O)cc1. The molecule has 2 aromatic rings. The van der Waals surface area contributed by atoms with Gasteiger partial charge in [-0.2, -0.15) is 0 Å². The lowest BCUT2D eigenvalue weighted by molar-refractivity contribution is 0.112. The van der Waals surface area contributed by atoms with Crippen molar-refractivity contribution in [1.29, 1.82) is 0 Å². The Morgan fingerprint density at radius 3 is 2.29 bits per heavy atom. The number of benzene rings is 2. The van der Waals surface area contributed by atoms with Crippen molar-refractivity contribution < 1.29 is 9.53 Å². The summed E-state index contributed by atoms with van der Waals surface area (Å²) in [5.74, 6) is 0.699. The van der Waals surface area contributed by atoms with Crippen molar-refractivity contribution in [2.45, 2.75) is 32.6 Å². The summed E-state index contributed by atoms with van der Waals surface area (Å²) in [6, 6.07) is 14.1. The van der Waals surface area contributed by atoms with Gasteiger partial charge >= 0.3 is 0 Å². The summed E-state index contributed by atoms with van der Waals surface area (Å²) in [5.41, 5.74) is 4.13. The molecule has 2 aromatic carbocycles. The van der Waals surface area contributed by atoms with E-state index >= 15 is 0 Å². The van der Waals surface area contributed by atoms with E-state index in [4.69, 9.17) is 4.74 Å². The average molecular weight is 282 g/mol. The molecule has 0 aliphatic rings. The zero-order valence-electron chi connectivity index (χ0n) is 13.1. The van der Waals surface area contributed by atoms with Crippen LogP contribution in [-0.2, 0) is 5.41 Å². The maximum Gasteiger partial charge on any atom is 0.150 e. The van der Waals surface area contributed by atoms with Crippen LogP contribution in [0.25, 0.3) is 11.1 Å². The average Bonchev–Trinajstić information content (AvgIpc) is 2.54. The third-order valence-electron chi connectivity index (χ3n) is 4.25. The first kappa shape index (κ1) is 15.3. The second kappa shape index (κ2) is 6.13. The van der Waals surface area contributed by atoms with Crippen molar-refractivity contribution in [2.75, 3.05) is 7.11 Å². The molecule has 0 bridgehead atoms. The normalized spacial score (nSPS) is 11.2. The van der Waals surface area contributed by atoms with E-state index in [9.17, 15) is 4.79 Å². The van der Waals surface area contributed by atoms with Crippen molar-refractivity contribution in [2.24, 2.45) is 0 Å². The molecular weight excluding hydrogens is 260 g/mol. The molecule has 2 nitrogen and oxygen atoms in total. The van der Waals surface area contributed by atoms with Gasteiger partial charge < -0.3 is 4.74 Å². The largest absolute Gasteiger partial charge is 0.497 e. The Labute approximate surface area is 126 Å². The smallest absolute Gasteiger partial charge is 0.150 e. The van der Waals surface area contributed by atoms with Crippen LogP contribution in [0, 0.1) is 0 Å². The molecule has 0 spiro atoms. The summed E-state index contributed by atoms with van der Waals surface area (Å²) in [7, 11) is 1.60. The Balaban J connectivity index is 2.41. The molecule has 0 N–H and O–H groups in total. The lowest BCUT2D eigenvalue weighted by Gasteiger charge is -2.23. The van der Waals surface area contributed by atoms with Crippen molar-refractivity contribution in [3.05, 3.63) is 53.6 Å². The quantitative estimate of drug-likeness (QED) is 0.732. The Bertz CT molecular complexity index is 625. The first-order valence-electron chi connectivity index (χ1n) is 7.26. The highest BCUT2D eigenvalue weighted by Gasteiger charge is 2.17. The van der Waals surface area contributed by atoms with E-state index in [0.29, 0.717) is 11.3 Å². The molecular formula is C19H22O2. The molecule has 2 rings (SSSR count). The fourth-order valence-corrected chi connectivity index (χ4v) is 2.33. The third-order valence-corrected chi connectivity index (χ3v) is 4.25. The van der Waals surface area contributed by atoms with Crippen LogP contribution in [0.2, 0.25) is 0 Å². The molecule has 0 aliphatic carbocycles. The Morgan fingerprint density at radius 2 is 1.76 bits per heavy atom. The second-order valence-corrected chi connectivity index (χ2v) is 5.89. The molecule has 0 aromatic heterocycles. The van der Waals surface area contributed by atoms with E-state index < -0.39 is 0 Å². The summed E-state index contributed by atoms with van der Waals surface area (Å²) in [6.07, 6.45) is 1.97. The maximum atomic E-state index is 11.3. The van der Waals surface area contributed by atoms with Gasteiger partial charge in [0.2, 0.25) is 0 Å². The molecule has 0 fully saturated rings.